The molecule has 0 bridgehead atoms. The average molecular weight is 237 g/mol. The molecular formula is C13H23N3O. The minimum Gasteiger partial charge on any atom is -0.444 e. The van der Waals surface area contributed by atoms with Gasteiger partial charge in [-0.1, -0.05) is 0 Å². The Balaban J connectivity index is 2.01. The quantitative estimate of drug-likeness (QED) is 0.871. The molecular weight excluding hydrogens is 214 g/mol. The van der Waals surface area contributed by atoms with Crippen molar-refractivity contribution in [1.29, 1.82) is 0 Å². The van der Waals surface area contributed by atoms with Gasteiger partial charge in [0.05, 0.1) is 12.2 Å². The molecule has 1 aliphatic rings. The zero-order valence-electron chi connectivity index (χ0n) is 11.1. The van der Waals surface area contributed by atoms with Gasteiger partial charge in [-0.25, -0.2) is 4.98 Å². The molecule has 4 nitrogen and oxygen atoms in total. The highest BCUT2D eigenvalue weighted by atomic mass is 16.4. The van der Waals surface area contributed by atoms with E-state index in [2.05, 4.69) is 16.8 Å². The second kappa shape index (κ2) is 5.19. The SMILES string of the molecule is Cc1nc(CN2CC(CN)CCC2C)oc1C. The number of hydrogen-bond donors (Lipinski definition) is 1. The Morgan fingerprint density at radius 1 is 1.41 bits per heavy atom. The van der Waals surface area contributed by atoms with E-state index in [-0.39, 0.29) is 0 Å². The Hall–Kier alpha value is -0.870. The number of hydrogen-bond acceptors (Lipinski definition) is 4. The van der Waals surface area contributed by atoms with Crippen molar-refractivity contribution in [3.05, 3.63) is 17.3 Å². The van der Waals surface area contributed by atoms with Gasteiger partial charge in [0.2, 0.25) is 5.89 Å². The van der Waals surface area contributed by atoms with Crippen LogP contribution in [-0.2, 0) is 6.54 Å². The molecule has 0 amide bonds. The van der Waals surface area contributed by atoms with Crippen molar-refractivity contribution >= 4 is 0 Å². The predicted molar refractivity (Wildman–Crippen MR) is 67.6 cm³/mol. The fourth-order valence-corrected chi connectivity index (χ4v) is 2.46. The summed E-state index contributed by atoms with van der Waals surface area (Å²) < 4.78 is 5.65. The second-order valence-electron chi connectivity index (χ2n) is 5.21. The molecule has 1 saturated heterocycles. The van der Waals surface area contributed by atoms with Crippen LogP contribution in [0.15, 0.2) is 4.42 Å². The minimum atomic E-state index is 0.602. The van der Waals surface area contributed by atoms with E-state index >= 15 is 0 Å². The number of aryl methyl sites for hydroxylation is 2. The number of rotatable bonds is 3. The molecule has 1 fully saturated rings. The lowest BCUT2D eigenvalue weighted by molar-refractivity contribution is 0.103. The number of likely N-dealkylation sites (tertiary alicyclic amines) is 1. The Bertz CT molecular complexity index is 355. The summed E-state index contributed by atoms with van der Waals surface area (Å²) in [6, 6.07) is 0.602. The van der Waals surface area contributed by atoms with Gasteiger partial charge < -0.3 is 10.2 Å². The van der Waals surface area contributed by atoms with Crippen LogP contribution in [0.1, 0.15) is 37.1 Å². The van der Waals surface area contributed by atoms with Gasteiger partial charge in [-0.05, 0) is 46.1 Å². The summed E-state index contributed by atoms with van der Waals surface area (Å²) >= 11 is 0. The molecule has 17 heavy (non-hydrogen) atoms. The largest absolute Gasteiger partial charge is 0.444 e. The Labute approximate surface area is 103 Å². The standard InChI is InChI=1S/C13H23N3O/c1-9-4-5-12(6-14)7-16(9)8-13-15-10(2)11(3)17-13/h9,12H,4-8,14H2,1-3H3. The van der Waals surface area contributed by atoms with Crippen LogP contribution in [-0.4, -0.2) is 29.0 Å². The van der Waals surface area contributed by atoms with E-state index in [1.807, 2.05) is 13.8 Å². The maximum atomic E-state index is 5.77. The van der Waals surface area contributed by atoms with E-state index in [1.54, 1.807) is 0 Å². The molecule has 2 rings (SSSR count). The molecule has 2 unspecified atom stereocenters. The molecule has 96 valence electrons. The molecule has 0 saturated carbocycles. The highest BCUT2D eigenvalue weighted by Gasteiger charge is 2.25. The van der Waals surface area contributed by atoms with Gasteiger partial charge in [0.15, 0.2) is 0 Å². The number of nitrogens with two attached hydrogens (primary N) is 1. The average Bonchev–Trinajstić information content (AvgIpc) is 2.61. The third kappa shape index (κ3) is 2.87. The first kappa shape index (κ1) is 12.6. The third-order valence-electron chi connectivity index (χ3n) is 3.85. The molecule has 2 atom stereocenters. The molecule has 0 aromatic carbocycles. The summed E-state index contributed by atoms with van der Waals surface area (Å²) in [6.07, 6.45) is 2.47. The maximum absolute atomic E-state index is 5.77. The van der Waals surface area contributed by atoms with Crippen LogP contribution in [0.25, 0.3) is 0 Å². The van der Waals surface area contributed by atoms with Crippen LogP contribution in [0.4, 0.5) is 0 Å². The number of nitrogens with zero attached hydrogens (tertiary/aromatic N) is 2. The summed E-state index contributed by atoms with van der Waals surface area (Å²) in [4.78, 5) is 6.89. The monoisotopic (exact) mass is 237 g/mol. The summed E-state index contributed by atoms with van der Waals surface area (Å²) in [5.41, 5.74) is 6.77. The van der Waals surface area contributed by atoms with Crippen molar-refractivity contribution < 1.29 is 4.42 Å². The summed E-state index contributed by atoms with van der Waals surface area (Å²) in [5.74, 6) is 2.40. The van der Waals surface area contributed by atoms with Crippen molar-refractivity contribution in [3.8, 4) is 0 Å². The van der Waals surface area contributed by atoms with Crippen molar-refractivity contribution in [1.82, 2.24) is 9.88 Å². The lowest BCUT2D eigenvalue weighted by atomic mass is 9.93. The van der Waals surface area contributed by atoms with Crippen LogP contribution in [0.2, 0.25) is 0 Å². The summed E-state index contributed by atoms with van der Waals surface area (Å²) in [6.45, 7) is 8.89. The van der Waals surface area contributed by atoms with Gasteiger partial charge in [0.1, 0.15) is 5.76 Å². The van der Waals surface area contributed by atoms with Crippen LogP contribution < -0.4 is 5.73 Å². The number of piperidine rings is 1. The van der Waals surface area contributed by atoms with Gasteiger partial charge >= 0.3 is 0 Å². The fraction of sp³-hybridized carbons (Fsp3) is 0.769. The van der Waals surface area contributed by atoms with Gasteiger partial charge in [-0.3, -0.25) is 4.90 Å². The van der Waals surface area contributed by atoms with E-state index in [0.717, 1.165) is 37.0 Å². The zero-order valence-corrected chi connectivity index (χ0v) is 11.1. The van der Waals surface area contributed by atoms with Gasteiger partial charge in [-0.15, -0.1) is 0 Å². The van der Waals surface area contributed by atoms with E-state index < -0.39 is 0 Å². The predicted octanol–water partition coefficient (Wildman–Crippen LogP) is 1.85. The van der Waals surface area contributed by atoms with Crippen LogP contribution in [0.3, 0.4) is 0 Å². The van der Waals surface area contributed by atoms with Gasteiger partial charge in [-0.2, -0.15) is 0 Å². The van der Waals surface area contributed by atoms with Crippen molar-refractivity contribution in [3.63, 3.8) is 0 Å². The molecule has 1 aromatic heterocycles. The lowest BCUT2D eigenvalue weighted by Gasteiger charge is -2.36. The van der Waals surface area contributed by atoms with Crippen LogP contribution in [0.5, 0.6) is 0 Å². The highest BCUT2D eigenvalue weighted by molar-refractivity contribution is 5.05. The summed E-state index contributed by atoms with van der Waals surface area (Å²) in [5, 5.41) is 0. The van der Waals surface area contributed by atoms with Crippen LogP contribution in [0, 0.1) is 19.8 Å². The highest BCUT2D eigenvalue weighted by Crippen LogP contribution is 2.23. The Kier molecular flexibility index (Phi) is 3.84. The first-order valence-electron chi connectivity index (χ1n) is 6.47. The first-order chi connectivity index (χ1) is 8.10. The van der Waals surface area contributed by atoms with E-state index in [1.165, 1.54) is 12.8 Å². The molecule has 1 aliphatic heterocycles. The van der Waals surface area contributed by atoms with E-state index in [0.29, 0.717) is 12.0 Å². The first-order valence-corrected chi connectivity index (χ1v) is 6.47. The fourth-order valence-electron chi connectivity index (χ4n) is 2.46. The lowest BCUT2D eigenvalue weighted by Crippen LogP contribution is -2.43. The molecule has 1 aromatic rings. The minimum absolute atomic E-state index is 0.602. The van der Waals surface area contributed by atoms with Crippen molar-refractivity contribution in [2.75, 3.05) is 13.1 Å². The molecule has 2 N–H and O–H groups in total. The molecule has 2 heterocycles. The zero-order chi connectivity index (χ0) is 12.4. The topological polar surface area (TPSA) is 55.3 Å². The van der Waals surface area contributed by atoms with Gasteiger partial charge in [0, 0.05) is 12.6 Å². The van der Waals surface area contributed by atoms with Crippen molar-refractivity contribution in [2.45, 2.75) is 46.2 Å². The molecule has 4 heteroatoms. The number of aromatic nitrogens is 1. The van der Waals surface area contributed by atoms with Crippen LogP contribution >= 0.6 is 0 Å². The Morgan fingerprint density at radius 2 is 2.18 bits per heavy atom. The third-order valence-corrected chi connectivity index (χ3v) is 3.85. The van der Waals surface area contributed by atoms with E-state index in [9.17, 15) is 0 Å². The van der Waals surface area contributed by atoms with E-state index in [4.69, 9.17) is 10.2 Å². The second-order valence-corrected chi connectivity index (χ2v) is 5.21. The number of oxazole rings is 1. The normalized spacial score (nSPS) is 26.4. The van der Waals surface area contributed by atoms with Gasteiger partial charge in [0.25, 0.3) is 0 Å². The molecule has 0 aliphatic carbocycles. The molecule has 0 radical (unpaired) electrons. The Morgan fingerprint density at radius 3 is 2.76 bits per heavy atom. The summed E-state index contributed by atoms with van der Waals surface area (Å²) in [7, 11) is 0. The smallest absolute Gasteiger partial charge is 0.208 e. The maximum Gasteiger partial charge on any atom is 0.208 e. The van der Waals surface area contributed by atoms with Crippen molar-refractivity contribution in [2.24, 2.45) is 11.7 Å². The molecule has 0 spiro atoms.